The Kier molecular flexibility index (Phi) is 3.96. The number of hydrogen-bond donors (Lipinski definition) is 1. The Balaban J connectivity index is 1.72. The van der Waals surface area contributed by atoms with Gasteiger partial charge in [0, 0.05) is 28.8 Å². The van der Waals surface area contributed by atoms with E-state index in [-0.39, 0.29) is 0 Å². The van der Waals surface area contributed by atoms with Crippen LogP contribution in [-0.4, -0.2) is 18.8 Å². The average molecular weight is 294 g/mol. The quantitative estimate of drug-likeness (QED) is 0.861. The molecule has 0 aliphatic heterocycles. The molecule has 3 rings (SSSR count). The van der Waals surface area contributed by atoms with E-state index in [1.807, 2.05) is 13.0 Å². The van der Waals surface area contributed by atoms with Crippen LogP contribution in [0, 0.1) is 12.3 Å². The predicted molar refractivity (Wildman–Crippen MR) is 84.5 cm³/mol. The second-order valence-electron chi connectivity index (χ2n) is 6.28. The molecule has 0 bridgehead atoms. The fourth-order valence-electron chi connectivity index (χ4n) is 3.97. The first kappa shape index (κ1) is 14.2. The van der Waals surface area contributed by atoms with Crippen LogP contribution in [0.4, 0.5) is 5.69 Å². The Morgan fingerprint density at radius 2 is 2.10 bits per heavy atom. The van der Waals surface area contributed by atoms with Gasteiger partial charge in [0.1, 0.15) is 0 Å². The molecule has 0 saturated heterocycles. The lowest BCUT2D eigenvalue weighted by atomic mass is 9.60. The van der Waals surface area contributed by atoms with E-state index in [2.05, 4.69) is 24.4 Å². The molecular weight excluding hydrogens is 270 g/mol. The van der Waals surface area contributed by atoms with E-state index in [1.165, 1.54) is 25.7 Å². The molecule has 2 nitrogen and oxygen atoms in total. The molecule has 2 atom stereocenters. The summed E-state index contributed by atoms with van der Waals surface area (Å²) in [5, 5.41) is 4.55. The van der Waals surface area contributed by atoms with Crippen molar-refractivity contribution in [2.75, 3.05) is 11.9 Å². The Bertz CT molecular complexity index is 482. The highest BCUT2D eigenvalue weighted by atomic mass is 35.5. The number of nitrogens with one attached hydrogen (secondary N) is 1. The molecule has 110 valence electrons. The molecule has 1 aromatic carbocycles. The lowest BCUT2D eigenvalue weighted by molar-refractivity contribution is -0.114. The van der Waals surface area contributed by atoms with Gasteiger partial charge < -0.3 is 10.1 Å². The molecule has 2 fully saturated rings. The molecule has 1 aromatic rings. The summed E-state index contributed by atoms with van der Waals surface area (Å²) in [7, 11) is 0. The Morgan fingerprint density at radius 1 is 1.35 bits per heavy atom. The zero-order valence-corrected chi connectivity index (χ0v) is 13.2. The monoisotopic (exact) mass is 293 g/mol. The van der Waals surface area contributed by atoms with Crippen LogP contribution in [0.15, 0.2) is 18.2 Å². The summed E-state index contributed by atoms with van der Waals surface area (Å²) >= 11 is 6.22. The van der Waals surface area contributed by atoms with E-state index in [4.69, 9.17) is 16.3 Å². The van der Waals surface area contributed by atoms with Crippen molar-refractivity contribution >= 4 is 17.3 Å². The maximum absolute atomic E-state index is 6.22. The van der Waals surface area contributed by atoms with Crippen molar-refractivity contribution in [3.8, 4) is 0 Å². The minimum atomic E-state index is 0.368. The second-order valence-corrected chi connectivity index (χ2v) is 6.69. The zero-order chi connectivity index (χ0) is 14.2. The smallest absolute Gasteiger partial charge is 0.0670 e. The summed E-state index contributed by atoms with van der Waals surface area (Å²) < 4.78 is 5.96. The summed E-state index contributed by atoms with van der Waals surface area (Å²) in [5.74, 6) is 0. The molecule has 0 aromatic heterocycles. The number of rotatable bonds is 4. The van der Waals surface area contributed by atoms with Crippen molar-refractivity contribution < 1.29 is 4.74 Å². The minimum Gasteiger partial charge on any atom is -0.382 e. The maximum atomic E-state index is 6.22. The van der Waals surface area contributed by atoms with Gasteiger partial charge >= 0.3 is 0 Å². The third-order valence-electron chi connectivity index (χ3n) is 5.20. The molecule has 2 saturated carbocycles. The van der Waals surface area contributed by atoms with Gasteiger partial charge in [-0.25, -0.2) is 0 Å². The number of benzene rings is 1. The Labute approximate surface area is 126 Å². The summed E-state index contributed by atoms with van der Waals surface area (Å²) in [4.78, 5) is 0. The van der Waals surface area contributed by atoms with Crippen molar-refractivity contribution in [2.45, 2.75) is 58.1 Å². The molecule has 0 amide bonds. The summed E-state index contributed by atoms with van der Waals surface area (Å²) in [6.07, 6.45) is 6.86. The third kappa shape index (κ3) is 2.33. The highest BCUT2D eigenvalue weighted by Gasteiger charge is 2.56. The molecule has 20 heavy (non-hydrogen) atoms. The van der Waals surface area contributed by atoms with Crippen LogP contribution in [0.25, 0.3) is 0 Å². The largest absolute Gasteiger partial charge is 0.382 e. The molecule has 2 aliphatic carbocycles. The first-order valence-corrected chi connectivity index (χ1v) is 8.18. The number of anilines is 1. The van der Waals surface area contributed by atoms with E-state index in [9.17, 15) is 0 Å². The van der Waals surface area contributed by atoms with Crippen LogP contribution in [0.1, 0.15) is 44.6 Å². The Morgan fingerprint density at radius 3 is 2.75 bits per heavy atom. The van der Waals surface area contributed by atoms with Gasteiger partial charge in [0.2, 0.25) is 0 Å². The van der Waals surface area contributed by atoms with Gasteiger partial charge in [0.15, 0.2) is 0 Å². The SMILES string of the molecule is CCOC1CC(Nc2ccc(C)c(Cl)c2)C12CCCC2. The van der Waals surface area contributed by atoms with Gasteiger partial charge in [-0.15, -0.1) is 0 Å². The van der Waals surface area contributed by atoms with Crippen LogP contribution in [0.2, 0.25) is 5.02 Å². The summed E-state index contributed by atoms with van der Waals surface area (Å²) in [6.45, 7) is 4.97. The minimum absolute atomic E-state index is 0.368. The molecule has 1 N–H and O–H groups in total. The van der Waals surface area contributed by atoms with Crippen LogP contribution in [-0.2, 0) is 4.74 Å². The highest BCUT2D eigenvalue weighted by molar-refractivity contribution is 6.31. The van der Waals surface area contributed by atoms with Crippen LogP contribution < -0.4 is 5.32 Å². The topological polar surface area (TPSA) is 21.3 Å². The van der Waals surface area contributed by atoms with Crippen LogP contribution in [0.5, 0.6) is 0 Å². The van der Waals surface area contributed by atoms with Crippen molar-refractivity contribution in [1.82, 2.24) is 0 Å². The van der Waals surface area contributed by atoms with E-state index in [0.717, 1.165) is 29.3 Å². The maximum Gasteiger partial charge on any atom is 0.0670 e. The molecule has 0 radical (unpaired) electrons. The zero-order valence-electron chi connectivity index (χ0n) is 12.4. The van der Waals surface area contributed by atoms with E-state index in [0.29, 0.717) is 17.6 Å². The molecular formula is C17H24ClNO. The van der Waals surface area contributed by atoms with Gasteiger partial charge in [-0.2, -0.15) is 0 Å². The standard InChI is InChI=1S/C17H24ClNO/c1-3-20-16-11-15(17(16)8-4-5-9-17)19-13-7-6-12(2)14(18)10-13/h6-7,10,15-16,19H,3-5,8-9,11H2,1-2H3. The fourth-order valence-corrected chi connectivity index (χ4v) is 4.15. The number of aryl methyl sites for hydroxylation is 1. The lowest BCUT2D eigenvalue weighted by Gasteiger charge is -2.54. The number of hydrogen-bond acceptors (Lipinski definition) is 2. The van der Waals surface area contributed by atoms with Crippen LogP contribution >= 0.6 is 11.6 Å². The van der Waals surface area contributed by atoms with E-state index >= 15 is 0 Å². The first-order valence-electron chi connectivity index (χ1n) is 7.80. The first-order chi connectivity index (χ1) is 9.65. The fraction of sp³-hybridized carbons (Fsp3) is 0.647. The molecule has 2 aliphatic rings. The normalized spacial score (nSPS) is 27.6. The van der Waals surface area contributed by atoms with Gasteiger partial charge in [0.25, 0.3) is 0 Å². The average Bonchev–Trinajstić information content (AvgIpc) is 2.94. The van der Waals surface area contributed by atoms with Gasteiger partial charge in [0.05, 0.1) is 6.10 Å². The number of halogens is 1. The van der Waals surface area contributed by atoms with Crippen LogP contribution in [0.3, 0.4) is 0 Å². The van der Waals surface area contributed by atoms with E-state index < -0.39 is 0 Å². The summed E-state index contributed by atoms with van der Waals surface area (Å²) in [6, 6.07) is 6.82. The van der Waals surface area contributed by atoms with Gasteiger partial charge in [-0.1, -0.05) is 30.5 Å². The van der Waals surface area contributed by atoms with Crippen molar-refractivity contribution in [2.24, 2.45) is 5.41 Å². The molecule has 1 spiro atoms. The van der Waals surface area contributed by atoms with Crippen molar-refractivity contribution in [3.63, 3.8) is 0 Å². The van der Waals surface area contributed by atoms with Crippen molar-refractivity contribution in [1.29, 1.82) is 0 Å². The Hall–Kier alpha value is -0.730. The highest BCUT2D eigenvalue weighted by Crippen LogP contribution is 2.55. The summed E-state index contributed by atoms with van der Waals surface area (Å²) in [5.41, 5.74) is 2.65. The predicted octanol–water partition coefficient (Wildman–Crippen LogP) is 4.80. The molecule has 2 unspecified atom stereocenters. The van der Waals surface area contributed by atoms with Gasteiger partial charge in [-0.05, 0) is 50.8 Å². The van der Waals surface area contributed by atoms with Crippen molar-refractivity contribution in [3.05, 3.63) is 28.8 Å². The third-order valence-corrected chi connectivity index (χ3v) is 5.61. The molecule has 3 heteroatoms. The second kappa shape index (κ2) is 5.57. The van der Waals surface area contributed by atoms with Gasteiger partial charge in [-0.3, -0.25) is 0 Å². The van der Waals surface area contributed by atoms with E-state index in [1.54, 1.807) is 0 Å². The molecule has 0 heterocycles. The lowest BCUT2D eigenvalue weighted by Crippen LogP contribution is -2.60. The number of ether oxygens (including phenoxy) is 1.